The quantitative estimate of drug-likeness (QED) is 0.589. The standard InChI is InChI=1S/C12H15NO2S2/c1-3-10(13-9-16)8-17(14)12-6-4-11(15-2)5-7-12/h4-7,10H,3,8H2,1-2H3. The van der Waals surface area contributed by atoms with Crippen LogP contribution in [0, 0.1) is 0 Å². The summed E-state index contributed by atoms with van der Waals surface area (Å²) in [6, 6.07) is 7.20. The number of aliphatic imine (C=N–C) groups is 1. The van der Waals surface area contributed by atoms with Crippen molar-refractivity contribution in [2.75, 3.05) is 12.9 Å². The lowest BCUT2D eigenvalue weighted by molar-refractivity contribution is 0.414. The van der Waals surface area contributed by atoms with Crippen LogP contribution in [0.1, 0.15) is 13.3 Å². The van der Waals surface area contributed by atoms with E-state index in [-0.39, 0.29) is 6.04 Å². The molecule has 2 atom stereocenters. The predicted octanol–water partition coefficient (Wildman–Crippen LogP) is 2.68. The van der Waals surface area contributed by atoms with Crippen molar-refractivity contribution in [1.82, 2.24) is 0 Å². The van der Waals surface area contributed by atoms with E-state index in [0.717, 1.165) is 17.1 Å². The van der Waals surface area contributed by atoms with E-state index < -0.39 is 10.8 Å². The Morgan fingerprint density at radius 2 is 2.12 bits per heavy atom. The average molecular weight is 269 g/mol. The van der Waals surface area contributed by atoms with Crippen LogP contribution >= 0.6 is 12.2 Å². The van der Waals surface area contributed by atoms with Crippen molar-refractivity contribution in [3.8, 4) is 5.75 Å². The molecule has 0 aliphatic heterocycles. The highest BCUT2D eigenvalue weighted by Gasteiger charge is 2.11. The molecule has 0 amide bonds. The van der Waals surface area contributed by atoms with E-state index in [4.69, 9.17) is 4.74 Å². The Hall–Kier alpha value is -1.03. The minimum Gasteiger partial charge on any atom is -0.497 e. The van der Waals surface area contributed by atoms with Crippen LogP contribution in [0.5, 0.6) is 5.75 Å². The van der Waals surface area contributed by atoms with Crippen molar-refractivity contribution >= 4 is 28.2 Å². The number of rotatable bonds is 6. The molecule has 0 saturated heterocycles. The molecule has 0 N–H and O–H groups in total. The summed E-state index contributed by atoms with van der Waals surface area (Å²) in [7, 11) is 0.544. The van der Waals surface area contributed by atoms with Crippen LogP contribution in [0.15, 0.2) is 34.2 Å². The lowest BCUT2D eigenvalue weighted by atomic mass is 10.3. The van der Waals surface area contributed by atoms with Crippen LogP contribution in [-0.4, -0.2) is 28.3 Å². The Bertz CT molecular complexity index is 425. The smallest absolute Gasteiger partial charge is 0.118 e. The van der Waals surface area contributed by atoms with Gasteiger partial charge in [-0.25, -0.2) is 4.99 Å². The first kappa shape index (κ1) is 14.0. The van der Waals surface area contributed by atoms with Crippen molar-refractivity contribution in [2.45, 2.75) is 24.3 Å². The predicted molar refractivity (Wildman–Crippen MR) is 73.4 cm³/mol. The first-order valence-corrected chi connectivity index (χ1v) is 7.03. The highest BCUT2D eigenvalue weighted by atomic mass is 32.2. The summed E-state index contributed by atoms with van der Waals surface area (Å²) >= 11 is 4.56. The van der Waals surface area contributed by atoms with Gasteiger partial charge in [0.2, 0.25) is 0 Å². The van der Waals surface area contributed by atoms with Gasteiger partial charge in [-0.3, -0.25) is 4.21 Å². The van der Waals surface area contributed by atoms with Crippen LogP contribution < -0.4 is 4.74 Å². The van der Waals surface area contributed by atoms with Crippen LogP contribution in [-0.2, 0) is 10.8 Å². The van der Waals surface area contributed by atoms with Gasteiger partial charge in [0.15, 0.2) is 0 Å². The van der Waals surface area contributed by atoms with E-state index in [0.29, 0.717) is 5.75 Å². The molecule has 1 aromatic carbocycles. The molecule has 1 rings (SSSR count). The fraction of sp³-hybridized carbons (Fsp3) is 0.417. The molecule has 5 heteroatoms. The molecule has 92 valence electrons. The third-order valence-electron chi connectivity index (χ3n) is 2.37. The van der Waals surface area contributed by atoms with Crippen LogP contribution in [0.25, 0.3) is 0 Å². The van der Waals surface area contributed by atoms with E-state index in [9.17, 15) is 4.21 Å². The van der Waals surface area contributed by atoms with Gasteiger partial charge < -0.3 is 4.74 Å². The van der Waals surface area contributed by atoms with Gasteiger partial charge in [-0.05, 0) is 42.9 Å². The SMILES string of the molecule is CCC(CS(=O)c1ccc(OC)cc1)N=C=S. The van der Waals surface area contributed by atoms with Crippen LogP contribution in [0.4, 0.5) is 0 Å². The maximum absolute atomic E-state index is 12.0. The number of ether oxygens (including phenoxy) is 1. The molecule has 3 nitrogen and oxygen atoms in total. The van der Waals surface area contributed by atoms with Crippen molar-refractivity contribution in [3.63, 3.8) is 0 Å². The van der Waals surface area contributed by atoms with E-state index in [1.165, 1.54) is 0 Å². The lowest BCUT2D eigenvalue weighted by Crippen LogP contribution is -2.13. The summed E-state index contributed by atoms with van der Waals surface area (Å²) in [6.07, 6.45) is 0.811. The molecule has 0 heterocycles. The molecule has 0 spiro atoms. The molecule has 17 heavy (non-hydrogen) atoms. The average Bonchev–Trinajstić information content (AvgIpc) is 2.38. The van der Waals surface area contributed by atoms with Crippen molar-refractivity contribution in [2.24, 2.45) is 4.99 Å². The molecule has 2 unspecified atom stereocenters. The first-order chi connectivity index (χ1) is 8.21. The normalized spacial score (nSPS) is 13.5. The van der Waals surface area contributed by atoms with Gasteiger partial charge in [0.25, 0.3) is 0 Å². The van der Waals surface area contributed by atoms with Gasteiger partial charge in [0, 0.05) is 4.90 Å². The Balaban J connectivity index is 2.71. The zero-order chi connectivity index (χ0) is 12.7. The molecule has 1 aromatic rings. The van der Waals surface area contributed by atoms with Gasteiger partial charge in [0.05, 0.1) is 34.9 Å². The summed E-state index contributed by atoms with van der Waals surface area (Å²) in [5.41, 5.74) is 0. The Kier molecular flexibility index (Phi) is 6.05. The first-order valence-electron chi connectivity index (χ1n) is 5.30. The zero-order valence-corrected chi connectivity index (χ0v) is 11.5. The molecule has 0 saturated carbocycles. The second-order valence-corrected chi connectivity index (χ2v) is 5.15. The van der Waals surface area contributed by atoms with Crippen LogP contribution in [0.2, 0.25) is 0 Å². The number of hydrogen-bond donors (Lipinski definition) is 0. The Labute approximate surface area is 109 Å². The molecule has 0 radical (unpaired) electrons. The number of hydrogen-bond acceptors (Lipinski definition) is 4. The number of benzene rings is 1. The van der Waals surface area contributed by atoms with Gasteiger partial charge >= 0.3 is 0 Å². The molecular formula is C12H15NO2S2. The number of methoxy groups -OCH3 is 1. The Morgan fingerprint density at radius 1 is 1.47 bits per heavy atom. The second-order valence-electron chi connectivity index (χ2n) is 3.47. The van der Waals surface area contributed by atoms with E-state index in [1.54, 1.807) is 19.2 Å². The summed E-state index contributed by atoms with van der Waals surface area (Å²) in [5.74, 6) is 1.24. The monoisotopic (exact) mass is 269 g/mol. The fourth-order valence-corrected chi connectivity index (χ4v) is 2.76. The third-order valence-corrected chi connectivity index (χ3v) is 3.96. The zero-order valence-electron chi connectivity index (χ0n) is 9.88. The summed E-state index contributed by atoms with van der Waals surface area (Å²) in [4.78, 5) is 4.77. The van der Waals surface area contributed by atoms with Crippen LogP contribution in [0.3, 0.4) is 0 Å². The highest BCUT2D eigenvalue weighted by molar-refractivity contribution is 7.85. The number of thiocarbonyl (C=S) groups is 1. The van der Waals surface area contributed by atoms with Crippen molar-refractivity contribution in [1.29, 1.82) is 0 Å². The summed E-state index contributed by atoms with van der Waals surface area (Å²) < 4.78 is 17.1. The van der Waals surface area contributed by atoms with E-state index >= 15 is 0 Å². The molecule has 0 aromatic heterocycles. The molecular weight excluding hydrogens is 254 g/mol. The van der Waals surface area contributed by atoms with Gasteiger partial charge in [-0.15, -0.1) is 0 Å². The van der Waals surface area contributed by atoms with Gasteiger partial charge in [-0.1, -0.05) is 6.92 Å². The van der Waals surface area contributed by atoms with Crippen molar-refractivity contribution in [3.05, 3.63) is 24.3 Å². The maximum atomic E-state index is 12.0. The third kappa shape index (κ3) is 4.38. The molecule has 0 aliphatic carbocycles. The van der Waals surface area contributed by atoms with Crippen molar-refractivity contribution < 1.29 is 8.95 Å². The molecule has 0 aliphatic rings. The van der Waals surface area contributed by atoms with Gasteiger partial charge in [-0.2, -0.15) is 0 Å². The molecule has 0 fully saturated rings. The van der Waals surface area contributed by atoms with E-state index in [1.807, 2.05) is 19.1 Å². The van der Waals surface area contributed by atoms with E-state index in [2.05, 4.69) is 22.4 Å². The minimum atomic E-state index is -1.06. The number of nitrogens with zero attached hydrogens (tertiary/aromatic N) is 1. The Morgan fingerprint density at radius 3 is 2.59 bits per heavy atom. The molecule has 0 bridgehead atoms. The minimum absolute atomic E-state index is 0.0181. The maximum Gasteiger partial charge on any atom is 0.118 e. The van der Waals surface area contributed by atoms with Gasteiger partial charge in [0.1, 0.15) is 5.75 Å². The topological polar surface area (TPSA) is 38.7 Å². The highest BCUT2D eigenvalue weighted by Crippen LogP contribution is 2.15. The number of isothiocyanates is 1. The largest absolute Gasteiger partial charge is 0.497 e. The summed E-state index contributed by atoms with van der Waals surface area (Å²) in [6.45, 7) is 1.99. The summed E-state index contributed by atoms with van der Waals surface area (Å²) in [5, 5.41) is 2.35. The second kappa shape index (κ2) is 7.33. The lowest BCUT2D eigenvalue weighted by Gasteiger charge is -2.08. The fourth-order valence-electron chi connectivity index (χ4n) is 1.32.